The third kappa shape index (κ3) is 2.05. The number of hydrogen-bond acceptors (Lipinski definition) is 4. The largest absolute Gasteiger partial charge is 0.476 e. The fourth-order valence-electron chi connectivity index (χ4n) is 2.45. The summed E-state index contributed by atoms with van der Waals surface area (Å²) in [6.45, 7) is 0. The van der Waals surface area contributed by atoms with Crippen molar-refractivity contribution < 1.29 is 9.90 Å². The van der Waals surface area contributed by atoms with Crippen LogP contribution in [0.2, 0.25) is 4.34 Å². The lowest BCUT2D eigenvalue weighted by molar-refractivity contribution is 0.0689. The molecule has 2 aromatic rings. The number of carboxylic acids is 1. The predicted octanol–water partition coefficient (Wildman–Crippen LogP) is 2.76. The number of hydrogen-bond donors (Lipinski definition) is 2. The molecular weight excluding hydrogens is 286 g/mol. The number of fused-ring (bicyclic) bond motifs is 1. The van der Waals surface area contributed by atoms with E-state index in [4.69, 9.17) is 17.3 Å². The molecular formula is C12H12ClN3O2S. The van der Waals surface area contributed by atoms with Gasteiger partial charge in [-0.25, -0.2) is 9.78 Å². The van der Waals surface area contributed by atoms with E-state index in [2.05, 4.69) is 4.98 Å². The molecule has 2 aromatic heterocycles. The third-order valence-electron chi connectivity index (χ3n) is 3.25. The summed E-state index contributed by atoms with van der Waals surface area (Å²) in [4.78, 5) is 16.4. The van der Waals surface area contributed by atoms with Gasteiger partial charge in [0.05, 0.1) is 21.1 Å². The van der Waals surface area contributed by atoms with Crippen molar-refractivity contribution in [3.05, 3.63) is 27.9 Å². The lowest BCUT2D eigenvalue weighted by Gasteiger charge is -2.23. The molecule has 0 saturated heterocycles. The monoisotopic (exact) mass is 297 g/mol. The Kier molecular flexibility index (Phi) is 3.08. The van der Waals surface area contributed by atoms with Crippen LogP contribution in [0.5, 0.6) is 0 Å². The van der Waals surface area contributed by atoms with Gasteiger partial charge >= 0.3 is 5.97 Å². The number of carbonyl (C=O) groups is 1. The van der Waals surface area contributed by atoms with E-state index in [1.54, 1.807) is 6.07 Å². The molecule has 0 amide bonds. The Morgan fingerprint density at radius 3 is 3.00 bits per heavy atom. The van der Waals surface area contributed by atoms with Crippen molar-refractivity contribution in [2.24, 2.45) is 5.73 Å². The zero-order valence-electron chi connectivity index (χ0n) is 9.97. The van der Waals surface area contributed by atoms with Crippen molar-refractivity contribution in [2.75, 3.05) is 0 Å². The lowest BCUT2D eigenvalue weighted by Crippen LogP contribution is -2.26. The van der Waals surface area contributed by atoms with Crippen LogP contribution in [-0.2, 0) is 6.42 Å². The first-order valence-electron chi connectivity index (χ1n) is 5.93. The number of aromatic carboxylic acids is 1. The normalized spacial score (nSPS) is 18.3. The SMILES string of the molecule is NC1CCCc2c(C(=O)O)nc(-c3ccc(Cl)s3)n21. The Hall–Kier alpha value is -1.37. The highest BCUT2D eigenvalue weighted by molar-refractivity contribution is 7.19. The van der Waals surface area contributed by atoms with Crippen molar-refractivity contribution in [3.8, 4) is 10.7 Å². The van der Waals surface area contributed by atoms with E-state index >= 15 is 0 Å². The van der Waals surface area contributed by atoms with E-state index < -0.39 is 5.97 Å². The van der Waals surface area contributed by atoms with Crippen LogP contribution in [0, 0.1) is 0 Å². The molecule has 0 fully saturated rings. The van der Waals surface area contributed by atoms with Crippen LogP contribution in [0.15, 0.2) is 12.1 Å². The standard InChI is InChI=1S/C12H12ClN3O2S/c13-8-5-4-7(19-8)11-15-10(12(17)18)6-2-1-3-9(14)16(6)11/h4-5,9H,1-3,14H2,(H,17,18). The van der Waals surface area contributed by atoms with E-state index in [0.29, 0.717) is 22.3 Å². The molecule has 1 unspecified atom stereocenters. The molecule has 7 heteroatoms. The molecule has 0 aliphatic carbocycles. The number of imidazole rings is 1. The van der Waals surface area contributed by atoms with Crippen molar-refractivity contribution in [1.82, 2.24) is 9.55 Å². The fourth-order valence-corrected chi connectivity index (χ4v) is 3.48. The minimum Gasteiger partial charge on any atom is -0.476 e. The molecule has 3 N–H and O–H groups in total. The van der Waals surface area contributed by atoms with Gasteiger partial charge in [-0.3, -0.25) is 0 Å². The maximum Gasteiger partial charge on any atom is 0.356 e. The van der Waals surface area contributed by atoms with Crippen molar-refractivity contribution in [1.29, 1.82) is 0 Å². The molecule has 3 heterocycles. The highest BCUT2D eigenvalue weighted by Gasteiger charge is 2.28. The molecule has 0 spiro atoms. The first-order chi connectivity index (χ1) is 9.08. The molecule has 1 aliphatic heterocycles. The number of nitrogens with two attached hydrogens (primary N) is 1. The Morgan fingerprint density at radius 1 is 1.58 bits per heavy atom. The van der Waals surface area contributed by atoms with Crippen LogP contribution < -0.4 is 5.73 Å². The molecule has 5 nitrogen and oxygen atoms in total. The minimum absolute atomic E-state index is 0.106. The Labute approximate surface area is 118 Å². The molecule has 0 bridgehead atoms. The van der Waals surface area contributed by atoms with Crippen molar-refractivity contribution >= 4 is 28.9 Å². The van der Waals surface area contributed by atoms with Crippen molar-refractivity contribution in [2.45, 2.75) is 25.4 Å². The number of nitrogens with zero attached hydrogens (tertiary/aromatic N) is 2. The summed E-state index contributed by atoms with van der Waals surface area (Å²) in [6, 6.07) is 3.62. The topological polar surface area (TPSA) is 81.1 Å². The van der Waals surface area contributed by atoms with Crippen LogP contribution >= 0.6 is 22.9 Å². The first kappa shape index (κ1) is 12.7. The van der Waals surface area contributed by atoms with Gasteiger partial charge in [0.1, 0.15) is 0 Å². The Bertz CT molecular complexity index is 649. The summed E-state index contributed by atoms with van der Waals surface area (Å²) in [5, 5.41) is 9.25. The molecule has 0 aromatic carbocycles. The molecule has 0 saturated carbocycles. The quantitative estimate of drug-likeness (QED) is 0.893. The maximum atomic E-state index is 11.3. The molecule has 1 aliphatic rings. The van der Waals surface area contributed by atoms with Gasteiger partial charge in [-0.05, 0) is 31.4 Å². The minimum atomic E-state index is -1.01. The number of halogens is 1. The van der Waals surface area contributed by atoms with E-state index in [0.717, 1.165) is 17.7 Å². The van der Waals surface area contributed by atoms with E-state index in [-0.39, 0.29) is 11.9 Å². The van der Waals surface area contributed by atoms with Gasteiger partial charge in [-0.2, -0.15) is 0 Å². The van der Waals surface area contributed by atoms with Gasteiger partial charge in [0.15, 0.2) is 11.5 Å². The molecule has 3 rings (SSSR count). The van der Waals surface area contributed by atoms with E-state index in [1.165, 1.54) is 11.3 Å². The van der Waals surface area contributed by atoms with E-state index in [1.807, 2.05) is 10.6 Å². The second-order valence-corrected chi connectivity index (χ2v) is 6.18. The second-order valence-electron chi connectivity index (χ2n) is 4.47. The molecule has 1 atom stereocenters. The highest BCUT2D eigenvalue weighted by atomic mass is 35.5. The van der Waals surface area contributed by atoms with E-state index in [9.17, 15) is 9.90 Å². The summed E-state index contributed by atoms with van der Waals surface area (Å²) >= 11 is 7.31. The number of carboxylic acid groups (broad SMARTS) is 1. The number of aromatic nitrogens is 2. The molecule has 0 radical (unpaired) electrons. The summed E-state index contributed by atoms with van der Waals surface area (Å²) in [5.41, 5.74) is 6.93. The van der Waals surface area contributed by atoms with Gasteiger partial charge in [-0.1, -0.05) is 11.6 Å². The van der Waals surface area contributed by atoms with Crippen molar-refractivity contribution in [3.63, 3.8) is 0 Å². The maximum absolute atomic E-state index is 11.3. The Balaban J connectivity index is 2.22. The molecule has 100 valence electrons. The van der Waals surface area contributed by atoms with Gasteiger partial charge in [0.25, 0.3) is 0 Å². The zero-order chi connectivity index (χ0) is 13.6. The zero-order valence-corrected chi connectivity index (χ0v) is 11.5. The van der Waals surface area contributed by atoms with Crippen LogP contribution in [0.1, 0.15) is 35.2 Å². The van der Waals surface area contributed by atoms with Crippen LogP contribution in [-0.4, -0.2) is 20.6 Å². The second kappa shape index (κ2) is 4.63. The van der Waals surface area contributed by atoms with Crippen LogP contribution in [0.4, 0.5) is 0 Å². The summed E-state index contributed by atoms with van der Waals surface area (Å²) in [6.07, 6.45) is 2.19. The Morgan fingerprint density at radius 2 is 2.37 bits per heavy atom. The van der Waals surface area contributed by atoms with Crippen LogP contribution in [0.3, 0.4) is 0 Å². The fraction of sp³-hybridized carbons (Fsp3) is 0.333. The van der Waals surface area contributed by atoms with Crippen LogP contribution in [0.25, 0.3) is 10.7 Å². The van der Waals surface area contributed by atoms with Gasteiger partial charge in [0.2, 0.25) is 0 Å². The summed E-state index contributed by atoms with van der Waals surface area (Å²) < 4.78 is 2.49. The average Bonchev–Trinajstić information content (AvgIpc) is 2.93. The number of rotatable bonds is 2. The van der Waals surface area contributed by atoms with Gasteiger partial charge in [0, 0.05) is 0 Å². The van der Waals surface area contributed by atoms with Gasteiger partial charge < -0.3 is 15.4 Å². The first-order valence-corrected chi connectivity index (χ1v) is 7.13. The predicted molar refractivity (Wildman–Crippen MR) is 73.7 cm³/mol. The molecule has 19 heavy (non-hydrogen) atoms. The highest BCUT2D eigenvalue weighted by Crippen LogP contribution is 2.35. The lowest BCUT2D eigenvalue weighted by atomic mass is 10.1. The summed E-state index contributed by atoms with van der Waals surface area (Å²) in [7, 11) is 0. The summed E-state index contributed by atoms with van der Waals surface area (Å²) in [5.74, 6) is -0.400. The average molecular weight is 298 g/mol. The van der Waals surface area contributed by atoms with Gasteiger partial charge in [-0.15, -0.1) is 11.3 Å². The third-order valence-corrected chi connectivity index (χ3v) is 4.48. The number of thiophene rings is 1. The smallest absolute Gasteiger partial charge is 0.356 e.